The highest BCUT2D eigenvalue weighted by Crippen LogP contribution is 2.28. The lowest BCUT2D eigenvalue weighted by atomic mass is 10.0. The van der Waals surface area contributed by atoms with Crippen molar-refractivity contribution in [3.05, 3.63) is 29.8 Å². The summed E-state index contributed by atoms with van der Waals surface area (Å²) in [5, 5.41) is 5.65. The van der Waals surface area contributed by atoms with Crippen LogP contribution in [0.15, 0.2) is 24.3 Å². The van der Waals surface area contributed by atoms with Gasteiger partial charge in [0, 0.05) is 20.1 Å². The highest BCUT2D eigenvalue weighted by atomic mass is 16.5. The number of nitrogens with one attached hydrogen (secondary N) is 2. The molecule has 2 amide bonds. The number of para-hydroxylation sites is 1. The van der Waals surface area contributed by atoms with Crippen LogP contribution in [0.2, 0.25) is 0 Å². The molecule has 0 aliphatic heterocycles. The van der Waals surface area contributed by atoms with Gasteiger partial charge in [0.25, 0.3) is 5.91 Å². The Morgan fingerprint density at radius 2 is 1.95 bits per heavy atom. The summed E-state index contributed by atoms with van der Waals surface area (Å²) in [6, 6.07) is 7.08. The molecule has 0 aromatic heterocycles. The number of benzene rings is 1. The van der Waals surface area contributed by atoms with Crippen molar-refractivity contribution >= 4 is 17.5 Å². The molecule has 22 heavy (non-hydrogen) atoms. The van der Waals surface area contributed by atoms with Crippen molar-refractivity contribution in [1.82, 2.24) is 5.32 Å². The molecule has 2 rings (SSSR count). The zero-order chi connectivity index (χ0) is 15.8. The molecule has 1 aromatic carbocycles. The molecule has 2 N–H and O–H groups in total. The number of carbonyl (C=O) groups is 2. The van der Waals surface area contributed by atoms with Crippen LogP contribution in [-0.2, 0) is 9.53 Å². The topological polar surface area (TPSA) is 67.4 Å². The van der Waals surface area contributed by atoms with Crippen molar-refractivity contribution in [2.75, 3.05) is 25.6 Å². The van der Waals surface area contributed by atoms with Gasteiger partial charge >= 0.3 is 0 Å². The number of hydrogen-bond acceptors (Lipinski definition) is 3. The Bertz CT molecular complexity index is 510. The average molecular weight is 304 g/mol. The minimum absolute atomic E-state index is 0.0101. The van der Waals surface area contributed by atoms with Crippen molar-refractivity contribution in [1.29, 1.82) is 0 Å². The molecule has 5 heteroatoms. The Balaban J connectivity index is 1.94. The quantitative estimate of drug-likeness (QED) is 0.761. The summed E-state index contributed by atoms with van der Waals surface area (Å²) < 4.78 is 4.91. The maximum atomic E-state index is 12.1. The van der Waals surface area contributed by atoms with Gasteiger partial charge in [0.15, 0.2) is 0 Å². The smallest absolute Gasteiger partial charge is 0.253 e. The lowest BCUT2D eigenvalue weighted by Crippen LogP contribution is -2.28. The lowest BCUT2D eigenvalue weighted by molar-refractivity contribution is -0.117. The monoisotopic (exact) mass is 304 g/mol. The van der Waals surface area contributed by atoms with E-state index in [2.05, 4.69) is 10.6 Å². The van der Waals surface area contributed by atoms with E-state index in [4.69, 9.17) is 4.74 Å². The van der Waals surface area contributed by atoms with Crippen LogP contribution < -0.4 is 10.6 Å². The standard InChI is InChI=1S/C17H24N2O3/c1-22-11-10-18-17(21)14-8-4-5-9-15(14)19-16(20)12-13-6-2-3-7-13/h4-5,8-9,13H,2-3,6-7,10-12H2,1H3,(H,18,21)(H,19,20). The van der Waals surface area contributed by atoms with Crippen molar-refractivity contribution < 1.29 is 14.3 Å². The molecule has 0 radical (unpaired) electrons. The van der Waals surface area contributed by atoms with Crippen LogP contribution in [0.25, 0.3) is 0 Å². The number of hydrogen-bond donors (Lipinski definition) is 2. The van der Waals surface area contributed by atoms with E-state index in [1.165, 1.54) is 12.8 Å². The maximum Gasteiger partial charge on any atom is 0.253 e. The molecule has 1 aromatic rings. The third kappa shape index (κ3) is 4.84. The van der Waals surface area contributed by atoms with E-state index < -0.39 is 0 Å². The summed E-state index contributed by atoms with van der Waals surface area (Å²) in [4.78, 5) is 24.3. The predicted molar refractivity (Wildman–Crippen MR) is 85.9 cm³/mol. The van der Waals surface area contributed by atoms with Crippen LogP contribution in [0.5, 0.6) is 0 Å². The molecular formula is C17H24N2O3. The highest BCUT2D eigenvalue weighted by molar-refractivity contribution is 6.03. The highest BCUT2D eigenvalue weighted by Gasteiger charge is 2.19. The number of carbonyl (C=O) groups excluding carboxylic acids is 2. The first-order valence-corrected chi connectivity index (χ1v) is 7.86. The third-order valence-electron chi connectivity index (χ3n) is 3.99. The molecule has 0 spiro atoms. The van der Waals surface area contributed by atoms with E-state index in [-0.39, 0.29) is 11.8 Å². The maximum absolute atomic E-state index is 12.1. The minimum Gasteiger partial charge on any atom is -0.383 e. The summed E-state index contributed by atoms with van der Waals surface area (Å²) in [5.74, 6) is 0.278. The number of methoxy groups -OCH3 is 1. The second-order valence-electron chi connectivity index (χ2n) is 5.70. The SMILES string of the molecule is COCCNC(=O)c1ccccc1NC(=O)CC1CCCC1. The second-order valence-corrected chi connectivity index (χ2v) is 5.70. The van der Waals surface area contributed by atoms with Gasteiger partial charge in [-0.3, -0.25) is 9.59 Å². The fourth-order valence-corrected chi connectivity index (χ4v) is 2.83. The van der Waals surface area contributed by atoms with Gasteiger partial charge in [-0.15, -0.1) is 0 Å². The van der Waals surface area contributed by atoms with Crippen LogP contribution in [0.1, 0.15) is 42.5 Å². The number of anilines is 1. The average Bonchev–Trinajstić information content (AvgIpc) is 3.00. The van der Waals surface area contributed by atoms with Crippen molar-refractivity contribution in [3.8, 4) is 0 Å². The van der Waals surface area contributed by atoms with E-state index in [0.29, 0.717) is 36.7 Å². The molecular weight excluding hydrogens is 280 g/mol. The molecule has 1 aliphatic carbocycles. The van der Waals surface area contributed by atoms with Crippen molar-refractivity contribution in [3.63, 3.8) is 0 Å². The molecule has 5 nitrogen and oxygen atoms in total. The van der Waals surface area contributed by atoms with E-state index >= 15 is 0 Å². The molecule has 0 saturated heterocycles. The van der Waals surface area contributed by atoms with Gasteiger partial charge in [-0.25, -0.2) is 0 Å². The summed E-state index contributed by atoms with van der Waals surface area (Å²) >= 11 is 0. The van der Waals surface area contributed by atoms with Crippen LogP contribution in [0, 0.1) is 5.92 Å². The Kier molecular flexibility index (Phi) is 6.40. The van der Waals surface area contributed by atoms with Crippen LogP contribution in [0.4, 0.5) is 5.69 Å². The zero-order valence-corrected chi connectivity index (χ0v) is 13.1. The second kappa shape index (κ2) is 8.54. The fraction of sp³-hybridized carbons (Fsp3) is 0.529. The van der Waals surface area contributed by atoms with Crippen LogP contribution in [0.3, 0.4) is 0 Å². The Morgan fingerprint density at radius 1 is 1.23 bits per heavy atom. The summed E-state index contributed by atoms with van der Waals surface area (Å²) in [5.41, 5.74) is 1.05. The first-order valence-electron chi connectivity index (χ1n) is 7.86. The number of rotatable bonds is 7. The third-order valence-corrected chi connectivity index (χ3v) is 3.99. The van der Waals surface area contributed by atoms with Crippen molar-refractivity contribution in [2.45, 2.75) is 32.1 Å². The van der Waals surface area contributed by atoms with E-state index in [1.807, 2.05) is 6.07 Å². The van der Waals surface area contributed by atoms with Gasteiger partial charge in [0.05, 0.1) is 17.9 Å². The Labute approximate surface area is 131 Å². The summed E-state index contributed by atoms with van der Waals surface area (Å²) in [7, 11) is 1.59. The van der Waals surface area contributed by atoms with Gasteiger partial charge in [-0.1, -0.05) is 25.0 Å². The van der Waals surface area contributed by atoms with Gasteiger partial charge in [-0.2, -0.15) is 0 Å². The minimum atomic E-state index is -0.200. The van der Waals surface area contributed by atoms with Crippen molar-refractivity contribution in [2.24, 2.45) is 5.92 Å². The van der Waals surface area contributed by atoms with Gasteiger partial charge in [0.2, 0.25) is 5.91 Å². The first kappa shape index (κ1) is 16.5. The van der Waals surface area contributed by atoms with E-state index in [9.17, 15) is 9.59 Å². The van der Waals surface area contributed by atoms with Gasteiger partial charge in [-0.05, 0) is 30.9 Å². The molecule has 120 valence electrons. The number of ether oxygens (including phenoxy) is 1. The molecule has 0 bridgehead atoms. The molecule has 0 atom stereocenters. The van der Waals surface area contributed by atoms with Crippen LogP contribution in [-0.4, -0.2) is 32.1 Å². The Hall–Kier alpha value is -1.88. The molecule has 1 fully saturated rings. The van der Waals surface area contributed by atoms with Gasteiger partial charge < -0.3 is 15.4 Å². The van der Waals surface area contributed by atoms with Gasteiger partial charge in [0.1, 0.15) is 0 Å². The number of amides is 2. The normalized spacial score (nSPS) is 14.8. The lowest BCUT2D eigenvalue weighted by Gasteiger charge is -2.13. The van der Waals surface area contributed by atoms with Crippen LogP contribution >= 0.6 is 0 Å². The largest absolute Gasteiger partial charge is 0.383 e. The first-order chi connectivity index (χ1) is 10.7. The van der Waals surface area contributed by atoms with E-state index in [0.717, 1.165) is 12.8 Å². The molecule has 0 heterocycles. The zero-order valence-electron chi connectivity index (χ0n) is 13.1. The fourth-order valence-electron chi connectivity index (χ4n) is 2.83. The molecule has 0 unspecified atom stereocenters. The predicted octanol–water partition coefficient (Wildman–Crippen LogP) is 2.58. The molecule has 1 aliphatic rings. The Morgan fingerprint density at radius 3 is 2.68 bits per heavy atom. The molecule has 1 saturated carbocycles. The summed E-state index contributed by atoms with van der Waals surface area (Å²) in [6.45, 7) is 0.904. The van der Waals surface area contributed by atoms with E-state index in [1.54, 1.807) is 25.3 Å². The summed E-state index contributed by atoms with van der Waals surface area (Å²) in [6.07, 6.45) is 5.24.